The van der Waals surface area contributed by atoms with E-state index in [-0.39, 0.29) is 0 Å². The monoisotopic (exact) mass is 239 g/mol. The Morgan fingerprint density at radius 3 is 2.41 bits per heavy atom. The van der Waals surface area contributed by atoms with Crippen molar-refractivity contribution < 1.29 is 4.74 Å². The highest BCUT2D eigenvalue weighted by Crippen LogP contribution is 2.30. The number of hydrogen-bond donors (Lipinski definition) is 1. The molecule has 0 radical (unpaired) electrons. The molecule has 2 heteroatoms. The molecule has 100 valence electrons. The van der Waals surface area contributed by atoms with Gasteiger partial charge in [-0.3, -0.25) is 0 Å². The van der Waals surface area contributed by atoms with Gasteiger partial charge in [-0.15, -0.1) is 0 Å². The van der Waals surface area contributed by atoms with Crippen LogP contribution in [0.5, 0.6) is 0 Å². The summed E-state index contributed by atoms with van der Waals surface area (Å²) in [6, 6.07) is 1.55. The van der Waals surface area contributed by atoms with Gasteiger partial charge in [0.05, 0.1) is 6.10 Å². The third kappa shape index (κ3) is 4.26. The smallest absolute Gasteiger partial charge is 0.0571 e. The molecular weight excluding hydrogens is 210 g/mol. The summed E-state index contributed by atoms with van der Waals surface area (Å²) in [5.41, 5.74) is 0. The maximum atomic E-state index is 5.44. The fourth-order valence-corrected chi connectivity index (χ4v) is 3.56. The predicted molar refractivity (Wildman–Crippen MR) is 72.2 cm³/mol. The van der Waals surface area contributed by atoms with Crippen LogP contribution in [-0.2, 0) is 4.74 Å². The van der Waals surface area contributed by atoms with E-state index >= 15 is 0 Å². The van der Waals surface area contributed by atoms with Gasteiger partial charge < -0.3 is 10.1 Å². The van der Waals surface area contributed by atoms with E-state index < -0.39 is 0 Å². The number of hydrogen-bond acceptors (Lipinski definition) is 2. The van der Waals surface area contributed by atoms with E-state index in [1.54, 1.807) is 0 Å². The molecule has 2 fully saturated rings. The second-order valence-corrected chi connectivity index (χ2v) is 6.15. The van der Waals surface area contributed by atoms with Crippen LogP contribution in [0.2, 0.25) is 0 Å². The van der Waals surface area contributed by atoms with Crippen LogP contribution in [0.25, 0.3) is 0 Å². The van der Waals surface area contributed by atoms with Gasteiger partial charge in [-0.2, -0.15) is 0 Å². The summed E-state index contributed by atoms with van der Waals surface area (Å²) in [5.74, 6) is 0.973. The average Bonchev–Trinajstić information content (AvgIpc) is 2.37. The maximum absolute atomic E-state index is 5.44. The lowest BCUT2D eigenvalue weighted by Crippen LogP contribution is -2.40. The van der Waals surface area contributed by atoms with Gasteiger partial charge >= 0.3 is 0 Å². The molecule has 2 rings (SSSR count). The molecule has 0 aromatic rings. The van der Waals surface area contributed by atoms with Gasteiger partial charge in [0, 0.05) is 19.2 Å². The fourth-order valence-electron chi connectivity index (χ4n) is 3.56. The molecule has 0 amide bonds. The number of rotatable bonds is 4. The van der Waals surface area contributed by atoms with E-state index in [0.717, 1.165) is 18.0 Å². The minimum atomic E-state index is 0.555. The molecule has 1 heterocycles. The van der Waals surface area contributed by atoms with Crippen molar-refractivity contribution in [3.05, 3.63) is 0 Å². The van der Waals surface area contributed by atoms with Crippen molar-refractivity contribution in [2.45, 2.75) is 82.9 Å². The van der Waals surface area contributed by atoms with Crippen LogP contribution in [-0.4, -0.2) is 25.3 Å². The molecule has 0 aromatic carbocycles. The van der Waals surface area contributed by atoms with E-state index in [0.29, 0.717) is 6.10 Å². The third-order valence-corrected chi connectivity index (χ3v) is 4.76. The first-order chi connectivity index (χ1) is 8.28. The van der Waals surface area contributed by atoms with Gasteiger partial charge in [-0.1, -0.05) is 6.42 Å². The minimum absolute atomic E-state index is 0.555. The van der Waals surface area contributed by atoms with E-state index in [4.69, 9.17) is 4.74 Å². The first-order valence-corrected chi connectivity index (χ1v) is 7.56. The van der Waals surface area contributed by atoms with Crippen LogP contribution in [0.15, 0.2) is 0 Å². The molecule has 1 saturated heterocycles. The first kappa shape index (κ1) is 13.4. The quantitative estimate of drug-likeness (QED) is 0.810. The SMILES string of the molecule is COC1CCC(CCC2CCCC(C)N2)CC1. The Bertz CT molecular complexity index is 211. The van der Waals surface area contributed by atoms with E-state index in [1.165, 1.54) is 57.8 Å². The van der Waals surface area contributed by atoms with E-state index in [2.05, 4.69) is 12.2 Å². The number of methoxy groups -OCH3 is 1. The average molecular weight is 239 g/mol. The van der Waals surface area contributed by atoms with Crippen molar-refractivity contribution in [3.63, 3.8) is 0 Å². The Kier molecular flexibility index (Phi) is 5.30. The Hall–Kier alpha value is -0.0800. The third-order valence-electron chi connectivity index (χ3n) is 4.76. The lowest BCUT2D eigenvalue weighted by atomic mass is 9.83. The van der Waals surface area contributed by atoms with Crippen molar-refractivity contribution >= 4 is 0 Å². The summed E-state index contributed by atoms with van der Waals surface area (Å²) in [7, 11) is 1.86. The standard InChI is InChI=1S/C15H29NO/c1-12-4-3-5-14(16-12)9-6-13-7-10-15(17-2)11-8-13/h12-16H,3-11H2,1-2H3. The van der Waals surface area contributed by atoms with Gasteiger partial charge in [0.15, 0.2) is 0 Å². The van der Waals surface area contributed by atoms with Crippen molar-refractivity contribution in [1.29, 1.82) is 0 Å². The highest BCUT2D eigenvalue weighted by atomic mass is 16.5. The predicted octanol–water partition coefficient (Wildman–Crippen LogP) is 3.50. The summed E-state index contributed by atoms with van der Waals surface area (Å²) in [5, 5.41) is 3.75. The molecule has 2 aliphatic rings. The van der Waals surface area contributed by atoms with Crippen LogP contribution in [0.3, 0.4) is 0 Å². The second kappa shape index (κ2) is 6.75. The Morgan fingerprint density at radius 1 is 1.00 bits per heavy atom. The summed E-state index contributed by atoms with van der Waals surface area (Å²) in [4.78, 5) is 0. The number of nitrogens with one attached hydrogen (secondary N) is 1. The molecule has 2 unspecified atom stereocenters. The molecule has 1 N–H and O–H groups in total. The molecule has 1 saturated carbocycles. The zero-order valence-corrected chi connectivity index (χ0v) is 11.6. The zero-order valence-electron chi connectivity index (χ0n) is 11.6. The Morgan fingerprint density at radius 2 is 1.76 bits per heavy atom. The zero-order chi connectivity index (χ0) is 12.1. The lowest BCUT2D eigenvalue weighted by Gasteiger charge is -2.32. The molecule has 0 aromatic heterocycles. The molecule has 2 nitrogen and oxygen atoms in total. The van der Waals surface area contributed by atoms with Gasteiger partial charge in [-0.05, 0) is 64.2 Å². The van der Waals surface area contributed by atoms with Crippen LogP contribution >= 0.6 is 0 Å². The molecular formula is C15H29NO. The Labute approximate surface area is 107 Å². The summed E-state index contributed by atoms with van der Waals surface area (Å²) in [6.07, 6.45) is 12.9. The summed E-state index contributed by atoms with van der Waals surface area (Å²) < 4.78 is 5.44. The van der Waals surface area contributed by atoms with E-state index in [1.807, 2.05) is 7.11 Å². The highest BCUT2D eigenvalue weighted by molar-refractivity contribution is 4.80. The number of piperidine rings is 1. The van der Waals surface area contributed by atoms with Crippen LogP contribution in [0, 0.1) is 5.92 Å². The van der Waals surface area contributed by atoms with Crippen LogP contribution in [0.1, 0.15) is 64.7 Å². The van der Waals surface area contributed by atoms with Crippen molar-refractivity contribution in [2.75, 3.05) is 7.11 Å². The minimum Gasteiger partial charge on any atom is -0.381 e. The molecule has 1 aliphatic carbocycles. The van der Waals surface area contributed by atoms with Crippen LogP contribution < -0.4 is 5.32 Å². The molecule has 0 spiro atoms. The normalized spacial score (nSPS) is 39.2. The van der Waals surface area contributed by atoms with Crippen molar-refractivity contribution in [3.8, 4) is 0 Å². The molecule has 17 heavy (non-hydrogen) atoms. The summed E-state index contributed by atoms with van der Waals surface area (Å²) in [6.45, 7) is 2.33. The second-order valence-electron chi connectivity index (χ2n) is 6.15. The largest absolute Gasteiger partial charge is 0.381 e. The van der Waals surface area contributed by atoms with Crippen molar-refractivity contribution in [2.24, 2.45) is 5.92 Å². The van der Waals surface area contributed by atoms with Crippen LogP contribution in [0.4, 0.5) is 0 Å². The van der Waals surface area contributed by atoms with Gasteiger partial charge in [0.25, 0.3) is 0 Å². The maximum Gasteiger partial charge on any atom is 0.0571 e. The lowest BCUT2D eigenvalue weighted by molar-refractivity contribution is 0.0545. The molecule has 0 bridgehead atoms. The topological polar surface area (TPSA) is 21.3 Å². The van der Waals surface area contributed by atoms with Gasteiger partial charge in [0.2, 0.25) is 0 Å². The number of ether oxygens (including phenoxy) is 1. The van der Waals surface area contributed by atoms with Crippen molar-refractivity contribution in [1.82, 2.24) is 5.32 Å². The first-order valence-electron chi connectivity index (χ1n) is 7.56. The molecule has 2 atom stereocenters. The molecule has 1 aliphatic heterocycles. The highest BCUT2D eigenvalue weighted by Gasteiger charge is 2.23. The van der Waals surface area contributed by atoms with E-state index in [9.17, 15) is 0 Å². The Balaban J connectivity index is 1.62. The summed E-state index contributed by atoms with van der Waals surface area (Å²) >= 11 is 0. The van der Waals surface area contributed by atoms with Gasteiger partial charge in [-0.25, -0.2) is 0 Å². The fraction of sp³-hybridized carbons (Fsp3) is 1.00. The van der Waals surface area contributed by atoms with Gasteiger partial charge in [0.1, 0.15) is 0 Å².